The van der Waals surface area contributed by atoms with Crippen LogP contribution in [0.15, 0.2) is 18.5 Å². The average molecular weight is 249 g/mol. The van der Waals surface area contributed by atoms with Crippen molar-refractivity contribution in [2.24, 2.45) is 0 Å². The van der Waals surface area contributed by atoms with Gasteiger partial charge in [-0.15, -0.1) is 0 Å². The zero-order valence-electron chi connectivity index (χ0n) is 11.3. The van der Waals surface area contributed by atoms with Crippen molar-refractivity contribution in [1.29, 1.82) is 0 Å². The molecule has 4 heteroatoms. The Morgan fingerprint density at radius 2 is 1.89 bits per heavy atom. The Morgan fingerprint density at radius 3 is 2.61 bits per heavy atom. The number of nitrogens with one attached hydrogen (secondary N) is 2. The Balaban J connectivity index is 2.49. The zero-order valence-corrected chi connectivity index (χ0v) is 11.3. The van der Waals surface area contributed by atoms with Gasteiger partial charge >= 0.3 is 0 Å². The molecular formula is C14H23N3O. The van der Waals surface area contributed by atoms with Crippen molar-refractivity contribution in [3.63, 3.8) is 0 Å². The normalized spacial score (nSPS) is 10.1. The number of amides is 1. The minimum Gasteiger partial charge on any atom is -0.384 e. The summed E-state index contributed by atoms with van der Waals surface area (Å²) in [7, 11) is 0. The highest BCUT2D eigenvalue weighted by molar-refractivity contribution is 5.94. The van der Waals surface area contributed by atoms with Gasteiger partial charge in [0, 0.05) is 25.5 Å². The monoisotopic (exact) mass is 249 g/mol. The number of aromatic nitrogens is 1. The Morgan fingerprint density at radius 1 is 1.17 bits per heavy atom. The van der Waals surface area contributed by atoms with Crippen LogP contribution >= 0.6 is 0 Å². The summed E-state index contributed by atoms with van der Waals surface area (Å²) in [4.78, 5) is 15.9. The fourth-order valence-electron chi connectivity index (χ4n) is 1.55. The van der Waals surface area contributed by atoms with Gasteiger partial charge in [-0.2, -0.15) is 0 Å². The molecule has 4 nitrogen and oxygen atoms in total. The standard InChI is InChI=1S/C14H23N3O/c1-3-5-7-16-13-9-12(10-15-11-13)14(18)17-8-6-4-2/h9-11,16H,3-8H2,1-2H3,(H,17,18). The predicted octanol–water partition coefficient (Wildman–Crippen LogP) is 2.82. The van der Waals surface area contributed by atoms with E-state index >= 15 is 0 Å². The second-order valence-electron chi connectivity index (χ2n) is 4.35. The molecule has 0 saturated heterocycles. The van der Waals surface area contributed by atoms with Gasteiger partial charge in [-0.1, -0.05) is 26.7 Å². The van der Waals surface area contributed by atoms with Crippen LogP contribution in [0.25, 0.3) is 0 Å². The fraction of sp³-hybridized carbons (Fsp3) is 0.571. The maximum Gasteiger partial charge on any atom is 0.252 e. The van der Waals surface area contributed by atoms with Crippen molar-refractivity contribution < 1.29 is 4.79 Å². The van der Waals surface area contributed by atoms with Gasteiger partial charge in [-0.05, 0) is 18.9 Å². The number of pyridine rings is 1. The fourth-order valence-corrected chi connectivity index (χ4v) is 1.55. The summed E-state index contributed by atoms with van der Waals surface area (Å²) in [5.74, 6) is -0.0462. The van der Waals surface area contributed by atoms with Gasteiger partial charge in [0.1, 0.15) is 0 Å². The number of nitrogens with zero attached hydrogens (tertiary/aromatic N) is 1. The summed E-state index contributed by atoms with van der Waals surface area (Å²) < 4.78 is 0. The van der Waals surface area contributed by atoms with Crippen LogP contribution in [0.3, 0.4) is 0 Å². The number of carbonyl (C=O) groups excluding carboxylic acids is 1. The van der Waals surface area contributed by atoms with Crippen molar-refractivity contribution in [3.05, 3.63) is 24.0 Å². The predicted molar refractivity (Wildman–Crippen MR) is 74.9 cm³/mol. The molecule has 0 aliphatic carbocycles. The van der Waals surface area contributed by atoms with Crippen LogP contribution in [0.1, 0.15) is 49.9 Å². The number of carbonyl (C=O) groups is 1. The molecule has 18 heavy (non-hydrogen) atoms. The topological polar surface area (TPSA) is 54.0 Å². The molecule has 0 bridgehead atoms. The molecule has 1 aromatic heterocycles. The van der Waals surface area contributed by atoms with E-state index in [1.807, 2.05) is 6.07 Å². The minimum atomic E-state index is -0.0462. The highest BCUT2D eigenvalue weighted by atomic mass is 16.1. The molecule has 1 aromatic rings. The van der Waals surface area contributed by atoms with E-state index in [0.29, 0.717) is 5.56 Å². The third-order valence-corrected chi connectivity index (χ3v) is 2.68. The lowest BCUT2D eigenvalue weighted by Gasteiger charge is -2.07. The van der Waals surface area contributed by atoms with Gasteiger partial charge in [0.05, 0.1) is 11.3 Å². The third kappa shape index (κ3) is 5.17. The van der Waals surface area contributed by atoms with Crippen molar-refractivity contribution in [3.8, 4) is 0 Å². The summed E-state index contributed by atoms with van der Waals surface area (Å²) in [5.41, 5.74) is 1.53. The molecule has 1 amide bonds. The largest absolute Gasteiger partial charge is 0.384 e. The summed E-state index contributed by atoms with van der Waals surface area (Å²) in [5, 5.41) is 6.15. The third-order valence-electron chi connectivity index (χ3n) is 2.68. The molecule has 100 valence electrons. The van der Waals surface area contributed by atoms with Crippen molar-refractivity contribution in [2.75, 3.05) is 18.4 Å². The van der Waals surface area contributed by atoms with Gasteiger partial charge in [0.25, 0.3) is 5.91 Å². The van der Waals surface area contributed by atoms with Crippen molar-refractivity contribution in [1.82, 2.24) is 10.3 Å². The van der Waals surface area contributed by atoms with Gasteiger partial charge in [-0.25, -0.2) is 0 Å². The first kappa shape index (κ1) is 14.5. The van der Waals surface area contributed by atoms with E-state index in [0.717, 1.165) is 44.5 Å². The number of rotatable bonds is 8. The molecule has 0 fully saturated rings. The van der Waals surface area contributed by atoms with E-state index in [-0.39, 0.29) is 5.91 Å². The molecular weight excluding hydrogens is 226 g/mol. The first-order chi connectivity index (χ1) is 8.77. The van der Waals surface area contributed by atoms with Crippen LogP contribution < -0.4 is 10.6 Å². The van der Waals surface area contributed by atoms with Gasteiger partial charge in [0.15, 0.2) is 0 Å². The van der Waals surface area contributed by atoms with Crippen molar-refractivity contribution >= 4 is 11.6 Å². The van der Waals surface area contributed by atoms with E-state index in [9.17, 15) is 4.79 Å². The van der Waals surface area contributed by atoms with E-state index in [2.05, 4.69) is 29.5 Å². The smallest absolute Gasteiger partial charge is 0.252 e. The van der Waals surface area contributed by atoms with Crippen LogP contribution in [-0.4, -0.2) is 24.0 Å². The summed E-state index contributed by atoms with van der Waals surface area (Å²) in [6, 6.07) is 1.85. The summed E-state index contributed by atoms with van der Waals surface area (Å²) >= 11 is 0. The average Bonchev–Trinajstić information content (AvgIpc) is 2.39. The molecule has 0 unspecified atom stereocenters. The Labute approximate surface area is 109 Å². The van der Waals surface area contributed by atoms with Gasteiger partial charge in [-0.3, -0.25) is 9.78 Å². The van der Waals surface area contributed by atoms with Crippen LogP contribution in [0.2, 0.25) is 0 Å². The summed E-state index contributed by atoms with van der Waals surface area (Å²) in [6.07, 6.45) is 7.71. The maximum atomic E-state index is 11.8. The van der Waals surface area contributed by atoms with Crippen molar-refractivity contribution in [2.45, 2.75) is 39.5 Å². The van der Waals surface area contributed by atoms with Gasteiger partial charge < -0.3 is 10.6 Å². The molecule has 1 heterocycles. The molecule has 0 saturated carbocycles. The second kappa shape index (κ2) is 8.50. The SMILES string of the molecule is CCCCNC(=O)c1cncc(NCCCC)c1. The molecule has 1 rings (SSSR count). The first-order valence-electron chi connectivity index (χ1n) is 6.75. The Hall–Kier alpha value is -1.58. The van der Waals surface area contributed by atoms with Crippen LogP contribution in [-0.2, 0) is 0 Å². The molecule has 0 aromatic carbocycles. The Kier molecular flexibility index (Phi) is 6.84. The van der Waals surface area contributed by atoms with Crippen LogP contribution in [0.5, 0.6) is 0 Å². The molecule has 0 radical (unpaired) electrons. The van der Waals surface area contributed by atoms with Gasteiger partial charge in [0.2, 0.25) is 0 Å². The molecule has 2 N–H and O–H groups in total. The van der Waals surface area contributed by atoms with E-state index in [1.54, 1.807) is 12.4 Å². The second-order valence-corrected chi connectivity index (χ2v) is 4.35. The molecule has 0 spiro atoms. The first-order valence-corrected chi connectivity index (χ1v) is 6.75. The zero-order chi connectivity index (χ0) is 13.2. The lowest BCUT2D eigenvalue weighted by atomic mass is 10.2. The quantitative estimate of drug-likeness (QED) is 0.697. The minimum absolute atomic E-state index is 0.0462. The summed E-state index contributed by atoms with van der Waals surface area (Å²) in [6.45, 7) is 5.89. The van der Waals surface area contributed by atoms with E-state index in [4.69, 9.17) is 0 Å². The molecule has 0 aliphatic rings. The molecule has 0 aliphatic heterocycles. The van der Waals surface area contributed by atoms with E-state index in [1.165, 1.54) is 0 Å². The van der Waals surface area contributed by atoms with Crippen LogP contribution in [0, 0.1) is 0 Å². The highest BCUT2D eigenvalue weighted by Gasteiger charge is 2.05. The maximum absolute atomic E-state index is 11.8. The number of hydrogen-bond donors (Lipinski definition) is 2. The number of hydrogen-bond acceptors (Lipinski definition) is 3. The van der Waals surface area contributed by atoms with E-state index < -0.39 is 0 Å². The number of anilines is 1. The number of unbranched alkanes of at least 4 members (excludes halogenated alkanes) is 2. The van der Waals surface area contributed by atoms with Crippen LogP contribution in [0.4, 0.5) is 5.69 Å². The lowest BCUT2D eigenvalue weighted by molar-refractivity contribution is 0.0953. The molecule has 0 atom stereocenters. The Bertz CT molecular complexity index is 366. The lowest BCUT2D eigenvalue weighted by Crippen LogP contribution is -2.24. The highest BCUT2D eigenvalue weighted by Crippen LogP contribution is 2.08.